The Labute approximate surface area is 156 Å². The third-order valence-corrected chi connectivity index (χ3v) is 4.74. The standard InChI is InChI=1S/C21H19NO3S/c23-20(22-13-16-6-2-1-3-7-16)14-25-21(24)15-26-19-11-10-17-8-4-5-9-18(17)12-19/h1-12H,13-15H2,(H,22,23). The van der Waals surface area contributed by atoms with Crippen LogP contribution < -0.4 is 5.32 Å². The summed E-state index contributed by atoms with van der Waals surface area (Å²) >= 11 is 1.40. The van der Waals surface area contributed by atoms with E-state index in [1.807, 2.05) is 72.8 Å². The quantitative estimate of drug-likeness (QED) is 0.511. The monoisotopic (exact) mass is 365 g/mol. The average Bonchev–Trinajstić information content (AvgIpc) is 2.69. The first-order valence-electron chi connectivity index (χ1n) is 8.28. The SMILES string of the molecule is O=C(COC(=O)CSc1ccc2ccccc2c1)NCc1ccccc1. The van der Waals surface area contributed by atoms with Gasteiger partial charge in [-0.3, -0.25) is 9.59 Å². The largest absolute Gasteiger partial charge is 0.455 e. The van der Waals surface area contributed by atoms with Gasteiger partial charge in [-0.25, -0.2) is 0 Å². The van der Waals surface area contributed by atoms with Gasteiger partial charge in [-0.2, -0.15) is 0 Å². The fourth-order valence-electron chi connectivity index (χ4n) is 2.43. The van der Waals surface area contributed by atoms with E-state index < -0.39 is 5.97 Å². The van der Waals surface area contributed by atoms with Crippen LogP contribution in [0.4, 0.5) is 0 Å². The molecule has 4 nitrogen and oxygen atoms in total. The van der Waals surface area contributed by atoms with Crippen molar-refractivity contribution in [2.24, 2.45) is 0 Å². The van der Waals surface area contributed by atoms with E-state index >= 15 is 0 Å². The van der Waals surface area contributed by atoms with E-state index in [1.54, 1.807) is 0 Å². The zero-order valence-electron chi connectivity index (χ0n) is 14.2. The summed E-state index contributed by atoms with van der Waals surface area (Å²) in [7, 11) is 0. The molecule has 0 saturated heterocycles. The van der Waals surface area contributed by atoms with E-state index in [0.717, 1.165) is 21.2 Å². The van der Waals surface area contributed by atoms with Crippen molar-refractivity contribution in [1.82, 2.24) is 5.32 Å². The number of thioether (sulfide) groups is 1. The molecule has 0 heterocycles. The Hall–Kier alpha value is -2.79. The number of hydrogen-bond acceptors (Lipinski definition) is 4. The smallest absolute Gasteiger partial charge is 0.316 e. The number of amides is 1. The van der Waals surface area contributed by atoms with Gasteiger partial charge in [0.1, 0.15) is 0 Å². The Kier molecular flexibility index (Phi) is 6.28. The Morgan fingerprint density at radius 1 is 0.885 bits per heavy atom. The highest BCUT2D eigenvalue weighted by atomic mass is 32.2. The van der Waals surface area contributed by atoms with Crippen LogP contribution in [0.5, 0.6) is 0 Å². The van der Waals surface area contributed by atoms with E-state index in [1.165, 1.54) is 11.8 Å². The number of benzene rings is 3. The third kappa shape index (κ3) is 5.36. The highest BCUT2D eigenvalue weighted by Gasteiger charge is 2.08. The molecule has 3 aromatic carbocycles. The van der Waals surface area contributed by atoms with Crippen LogP contribution in [0.15, 0.2) is 77.7 Å². The van der Waals surface area contributed by atoms with Crippen LogP contribution in [0.25, 0.3) is 10.8 Å². The second-order valence-corrected chi connectivity index (χ2v) is 6.77. The molecule has 3 aromatic rings. The van der Waals surface area contributed by atoms with E-state index in [-0.39, 0.29) is 18.3 Å². The summed E-state index contributed by atoms with van der Waals surface area (Å²) in [6.45, 7) is 0.160. The number of fused-ring (bicyclic) bond motifs is 1. The molecule has 0 fully saturated rings. The normalized spacial score (nSPS) is 10.5. The van der Waals surface area contributed by atoms with Gasteiger partial charge in [0.15, 0.2) is 6.61 Å². The summed E-state index contributed by atoms with van der Waals surface area (Å²) in [4.78, 5) is 24.6. The van der Waals surface area contributed by atoms with Crippen molar-refractivity contribution in [3.05, 3.63) is 78.4 Å². The molecule has 0 aliphatic rings. The van der Waals surface area contributed by atoms with Crippen molar-refractivity contribution in [1.29, 1.82) is 0 Å². The molecule has 0 aromatic heterocycles. The molecule has 0 saturated carbocycles. The van der Waals surface area contributed by atoms with Gasteiger partial charge in [0.25, 0.3) is 5.91 Å². The molecule has 26 heavy (non-hydrogen) atoms. The van der Waals surface area contributed by atoms with Gasteiger partial charge in [-0.05, 0) is 28.5 Å². The molecule has 3 rings (SSSR count). The number of ether oxygens (including phenoxy) is 1. The first-order valence-corrected chi connectivity index (χ1v) is 9.27. The molecule has 132 valence electrons. The Morgan fingerprint density at radius 3 is 2.42 bits per heavy atom. The molecular weight excluding hydrogens is 346 g/mol. The first-order chi connectivity index (χ1) is 12.7. The maximum absolute atomic E-state index is 11.8. The highest BCUT2D eigenvalue weighted by Crippen LogP contribution is 2.23. The number of rotatable bonds is 7. The lowest BCUT2D eigenvalue weighted by atomic mass is 10.1. The van der Waals surface area contributed by atoms with E-state index in [2.05, 4.69) is 5.32 Å². The van der Waals surface area contributed by atoms with Crippen LogP contribution in [0.2, 0.25) is 0 Å². The predicted molar refractivity (Wildman–Crippen MR) is 104 cm³/mol. The lowest BCUT2D eigenvalue weighted by Gasteiger charge is -2.07. The summed E-state index contributed by atoms with van der Waals surface area (Å²) in [6.07, 6.45) is 0. The predicted octanol–water partition coefficient (Wildman–Crippen LogP) is 3.79. The van der Waals surface area contributed by atoms with Gasteiger partial charge in [0.05, 0.1) is 5.75 Å². The van der Waals surface area contributed by atoms with Gasteiger partial charge in [0.2, 0.25) is 0 Å². The lowest BCUT2D eigenvalue weighted by Crippen LogP contribution is -2.28. The molecule has 0 spiro atoms. The van der Waals surface area contributed by atoms with Crippen LogP contribution in [-0.4, -0.2) is 24.2 Å². The molecule has 0 bridgehead atoms. The number of carbonyl (C=O) groups is 2. The molecule has 5 heteroatoms. The molecule has 0 atom stereocenters. The third-order valence-electron chi connectivity index (χ3n) is 3.77. The second-order valence-electron chi connectivity index (χ2n) is 5.72. The van der Waals surface area contributed by atoms with Crippen molar-refractivity contribution in [2.45, 2.75) is 11.4 Å². The van der Waals surface area contributed by atoms with Gasteiger partial charge >= 0.3 is 5.97 Å². The maximum Gasteiger partial charge on any atom is 0.316 e. The average molecular weight is 365 g/mol. The topological polar surface area (TPSA) is 55.4 Å². The fourth-order valence-corrected chi connectivity index (χ4v) is 3.18. The van der Waals surface area contributed by atoms with E-state index in [9.17, 15) is 9.59 Å². The Balaban J connectivity index is 1.40. The van der Waals surface area contributed by atoms with Crippen LogP contribution in [-0.2, 0) is 20.9 Å². The van der Waals surface area contributed by atoms with Crippen LogP contribution in [0.3, 0.4) is 0 Å². The summed E-state index contributed by atoms with van der Waals surface area (Å²) in [5.74, 6) is -0.541. The van der Waals surface area contributed by atoms with Crippen molar-refractivity contribution in [2.75, 3.05) is 12.4 Å². The van der Waals surface area contributed by atoms with Gasteiger partial charge in [-0.15, -0.1) is 11.8 Å². The van der Waals surface area contributed by atoms with Gasteiger partial charge < -0.3 is 10.1 Å². The summed E-state index contributed by atoms with van der Waals surface area (Å²) in [5.41, 5.74) is 0.999. The minimum Gasteiger partial charge on any atom is -0.455 e. The van der Waals surface area contributed by atoms with Crippen LogP contribution >= 0.6 is 11.8 Å². The molecule has 0 aliphatic carbocycles. The maximum atomic E-state index is 11.8. The number of hydrogen-bond donors (Lipinski definition) is 1. The number of nitrogens with one attached hydrogen (secondary N) is 1. The number of esters is 1. The zero-order chi connectivity index (χ0) is 18.2. The molecule has 1 N–H and O–H groups in total. The summed E-state index contributed by atoms with van der Waals surface area (Å²) in [6, 6.07) is 23.7. The summed E-state index contributed by atoms with van der Waals surface area (Å²) < 4.78 is 5.03. The van der Waals surface area contributed by atoms with Crippen LogP contribution in [0, 0.1) is 0 Å². The van der Waals surface area contributed by atoms with Crippen molar-refractivity contribution < 1.29 is 14.3 Å². The fraction of sp³-hybridized carbons (Fsp3) is 0.143. The van der Waals surface area contributed by atoms with Crippen LogP contribution in [0.1, 0.15) is 5.56 Å². The van der Waals surface area contributed by atoms with Crippen molar-refractivity contribution >= 4 is 34.4 Å². The van der Waals surface area contributed by atoms with E-state index in [0.29, 0.717) is 6.54 Å². The van der Waals surface area contributed by atoms with Crippen molar-refractivity contribution in [3.63, 3.8) is 0 Å². The van der Waals surface area contributed by atoms with E-state index in [4.69, 9.17) is 4.74 Å². The molecule has 0 aliphatic heterocycles. The van der Waals surface area contributed by atoms with Gasteiger partial charge in [-0.1, -0.05) is 60.7 Å². The highest BCUT2D eigenvalue weighted by molar-refractivity contribution is 8.00. The molecular formula is C21H19NO3S. The Bertz CT molecular complexity index is 896. The molecule has 0 radical (unpaired) electrons. The number of carbonyl (C=O) groups excluding carboxylic acids is 2. The van der Waals surface area contributed by atoms with Crippen molar-refractivity contribution in [3.8, 4) is 0 Å². The Morgan fingerprint density at radius 2 is 1.62 bits per heavy atom. The van der Waals surface area contributed by atoms with Gasteiger partial charge in [0, 0.05) is 11.4 Å². The second kappa shape index (κ2) is 9.06. The molecule has 0 unspecified atom stereocenters. The molecule has 1 amide bonds. The minimum atomic E-state index is -0.405. The zero-order valence-corrected chi connectivity index (χ0v) is 15.0. The minimum absolute atomic E-state index is 0.171. The first kappa shape index (κ1) is 18.0. The summed E-state index contributed by atoms with van der Waals surface area (Å²) in [5, 5.41) is 5.02. The lowest BCUT2D eigenvalue weighted by molar-refractivity contribution is -0.145.